The number of amidine groups is 1. The van der Waals surface area contributed by atoms with Crippen LogP contribution in [0.3, 0.4) is 0 Å². The van der Waals surface area contributed by atoms with Crippen molar-refractivity contribution in [3.63, 3.8) is 0 Å². The normalized spacial score (nSPS) is 22.9. The zero-order chi connectivity index (χ0) is 19.8. The van der Waals surface area contributed by atoms with Crippen molar-refractivity contribution in [3.8, 4) is 0 Å². The molecule has 0 spiro atoms. The van der Waals surface area contributed by atoms with Crippen LogP contribution in [0, 0.1) is 5.92 Å². The van der Waals surface area contributed by atoms with Gasteiger partial charge in [0.1, 0.15) is 17.1 Å². The fourth-order valence-corrected chi connectivity index (χ4v) is 3.55. The maximum Gasteiger partial charge on any atom is 0.433 e. The third-order valence-electron chi connectivity index (χ3n) is 5.21. The Morgan fingerprint density at radius 3 is 2.52 bits per heavy atom. The molecule has 1 saturated carbocycles. The van der Waals surface area contributed by atoms with Gasteiger partial charge in [-0.3, -0.25) is 9.79 Å². The lowest BCUT2D eigenvalue weighted by Gasteiger charge is -2.23. The minimum Gasteiger partial charge on any atom is -0.308 e. The van der Waals surface area contributed by atoms with Crippen LogP contribution in [-0.2, 0) is 11.0 Å². The summed E-state index contributed by atoms with van der Waals surface area (Å²) in [6.45, 7) is 6.21. The van der Waals surface area contributed by atoms with Crippen LogP contribution in [0.2, 0.25) is 0 Å². The molecule has 148 valence electrons. The summed E-state index contributed by atoms with van der Waals surface area (Å²) in [6, 6.07) is 2.39. The van der Waals surface area contributed by atoms with Gasteiger partial charge in [-0.25, -0.2) is 4.98 Å². The number of hydrogen-bond acceptors (Lipinski definition) is 3. The van der Waals surface area contributed by atoms with Gasteiger partial charge < -0.3 is 5.32 Å². The smallest absolute Gasteiger partial charge is 0.308 e. The molecule has 3 rings (SSSR count). The second-order valence-electron chi connectivity index (χ2n) is 8.03. The average molecular weight is 381 g/mol. The molecule has 0 bridgehead atoms. The van der Waals surface area contributed by atoms with E-state index in [2.05, 4.69) is 24.1 Å². The van der Waals surface area contributed by atoms with Crippen molar-refractivity contribution in [1.82, 2.24) is 10.3 Å². The Labute approximate surface area is 157 Å². The van der Waals surface area contributed by atoms with Gasteiger partial charge in [-0.15, -0.1) is 0 Å². The Morgan fingerprint density at radius 2 is 1.96 bits per heavy atom. The number of carbonyl (C=O) groups excluding carboxylic acids is 1. The number of amides is 1. The van der Waals surface area contributed by atoms with Gasteiger partial charge in [-0.2, -0.15) is 13.2 Å². The highest BCUT2D eigenvalue weighted by Gasteiger charge is 2.44. The van der Waals surface area contributed by atoms with Crippen molar-refractivity contribution in [3.05, 3.63) is 29.1 Å². The molecule has 1 fully saturated rings. The number of aromatic nitrogens is 1. The predicted octanol–water partition coefficient (Wildman–Crippen LogP) is 4.83. The number of halogens is 3. The fourth-order valence-electron chi connectivity index (χ4n) is 3.55. The van der Waals surface area contributed by atoms with E-state index in [1.165, 1.54) is 6.07 Å². The maximum absolute atomic E-state index is 13.1. The standard InChI is InChI=1S/C20H26F3N3O/c1-4-10-19(11-9-12(2)3)18(27)25-17(26-19)14-7-8-15(20(21,22)23)24-16(14)13-5-6-13/h7-8,12-13H,4-6,9-11H2,1-3H3,(H,25,26,27). The van der Waals surface area contributed by atoms with Crippen LogP contribution < -0.4 is 5.32 Å². The lowest BCUT2D eigenvalue weighted by molar-refractivity contribution is -0.141. The molecule has 1 aliphatic carbocycles. The number of carbonyl (C=O) groups is 1. The highest BCUT2D eigenvalue weighted by Crippen LogP contribution is 2.43. The van der Waals surface area contributed by atoms with Crippen LogP contribution in [0.15, 0.2) is 17.1 Å². The van der Waals surface area contributed by atoms with E-state index in [0.29, 0.717) is 35.9 Å². The molecule has 1 unspecified atom stereocenters. The van der Waals surface area contributed by atoms with E-state index in [9.17, 15) is 18.0 Å². The van der Waals surface area contributed by atoms with Crippen LogP contribution in [0.5, 0.6) is 0 Å². The number of aliphatic imine (C=N–C) groups is 1. The summed E-state index contributed by atoms with van der Waals surface area (Å²) in [5.41, 5.74) is -0.781. The molecule has 1 aliphatic heterocycles. The summed E-state index contributed by atoms with van der Waals surface area (Å²) in [7, 11) is 0. The third-order valence-corrected chi connectivity index (χ3v) is 5.21. The molecule has 4 nitrogen and oxygen atoms in total. The van der Waals surface area contributed by atoms with E-state index in [-0.39, 0.29) is 11.8 Å². The van der Waals surface area contributed by atoms with Gasteiger partial charge in [0, 0.05) is 11.5 Å². The van der Waals surface area contributed by atoms with Gasteiger partial charge in [0.15, 0.2) is 0 Å². The number of alkyl halides is 3. The molecule has 0 saturated heterocycles. The molecular formula is C20H26F3N3O. The van der Waals surface area contributed by atoms with Gasteiger partial charge in [0.2, 0.25) is 0 Å². The second-order valence-corrected chi connectivity index (χ2v) is 8.03. The largest absolute Gasteiger partial charge is 0.433 e. The van der Waals surface area contributed by atoms with Crippen molar-refractivity contribution in [1.29, 1.82) is 0 Å². The van der Waals surface area contributed by atoms with Crippen molar-refractivity contribution < 1.29 is 18.0 Å². The monoisotopic (exact) mass is 381 g/mol. The highest BCUT2D eigenvalue weighted by molar-refractivity contribution is 6.15. The first kappa shape index (κ1) is 19.8. The zero-order valence-corrected chi connectivity index (χ0v) is 16.0. The Kier molecular flexibility index (Phi) is 5.32. The maximum atomic E-state index is 13.1. The van der Waals surface area contributed by atoms with E-state index in [1.54, 1.807) is 0 Å². The Hall–Kier alpha value is -1.92. The summed E-state index contributed by atoms with van der Waals surface area (Å²) in [5, 5.41) is 2.84. The van der Waals surface area contributed by atoms with Crippen molar-refractivity contribution in [2.24, 2.45) is 10.9 Å². The van der Waals surface area contributed by atoms with Crippen LogP contribution >= 0.6 is 0 Å². The van der Waals surface area contributed by atoms with Crippen LogP contribution in [-0.4, -0.2) is 22.3 Å². The third kappa shape index (κ3) is 4.17. The zero-order valence-electron chi connectivity index (χ0n) is 16.0. The summed E-state index contributed by atoms with van der Waals surface area (Å²) >= 11 is 0. The number of nitrogens with zero attached hydrogens (tertiary/aromatic N) is 2. The average Bonchev–Trinajstić information content (AvgIpc) is 3.38. The Balaban J connectivity index is 1.99. The first-order valence-corrected chi connectivity index (χ1v) is 9.66. The molecule has 1 aromatic rings. The summed E-state index contributed by atoms with van der Waals surface area (Å²) in [4.78, 5) is 21.4. The van der Waals surface area contributed by atoms with E-state index >= 15 is 0 Å². The number of hydrogen-bond donors (Lipinski definition) is 1. The molecule has 0 radical (unpaired) electrons. The lowest BCUT2D eigenvalue weighted by atomic mass is 9.86. The highest BCUT2D eigenvalue weighted by atomic mass is 19.4. The van der Waals surface area contributed by atoms with Crippen molar-refractivity contribution >= 4 is 11.7 Å². The van der Waals surface area contributed by atoms with Crippen molar-refractivity contribution in [2.45, 2.75) is 76.9 Å². The molecular weight excluding hydrogens is 355 g/mol. The molecule has 7 heteroatoms. The van der Waals surface area contributed by atoms with E-state index in [4.69, 9.17) is 4.99 Å². The summed E-state index contributed by atoms with van der Waals surface area (Å²) in [5.74, 6) is 0.682. The first-order valence-electron chi connectivity index (χ1n) is 9.66. The minimum atomic E-state index is -4.48. The van der Waals surface area contributed by atoms with E-state index < -0.39 is 17.4 Å². The van der Waals surface area contributed by atoms with Gasteiger partial charge >= 0.3 is 6.18 Å². The predicted molar refractivity (Wildman–Crippen MR) is 97.6 cm³/mol. The molecule has 1 amide bonds. The van der Waals surface area contributed by atoms with Crippen LogP contribution in [0.4, 0.5) is 13.2 Å². The van der Waals surface area contributed by atoms with Crippen LogP contribution in [0.25, 0.3) is 0 Å². The number of nitrogens with one attached hydrogen (secondary N) is 1. The molecule has 1 atom stereocenters. The van der Waals surface area contributed by atoms with E-state index in [0.717, 1.165) is 31.7 Å². The van der Waals surface area contributed by atoms with Gasteiger partial charge in [-0.05, 0) is 50.2 Å². The molecule has 0 aromatic carbocycles. The molecule has 27 heavy (non-hydrogen) atoms. The lowest BCUT2D eigenvalue weighted by Crippen LogP contribution is -2.40. The SMILES string of the molecule is CCCC1(CCC(C)C)N=C(c2ccc(C(F)(F)F)nc2C2CC2)NC1=O. The van der Waals surface area contributed by atoms with Crippen molar-refractivity contribution in [2.75, 3.05) is 0 Å². The molecule has 1 N–H and O–H groups in total. The number of pyridine rings is 1. The minimum absolute atomic E-state index is 0.0127. The Morgan fingerprint density at radius 1 is 1.26 bits per heavy atom. The topological polar surface area (TPSA) is 54.4 Å². The molecule has 2 heterocycles. The second kappa shape index (κ2) is 7.24. The summed E-state index contributed by atoms with van der Waals surface area (Å²) < 4.78 is 39.2. The van der Waals surface area contributed by atoms with Gasteiger partial charge in [-0.1, -0.05) is 27.2 Å². The van der Waals surface area contributed by atoms with Gasteiger partial charge in [0.25, 0.3) is 5.91 Å². The molecule has 1 aromatic heterocycles. The number of rotatable bonds is 7. The van der Waals surface area contributed by atoms with Gasteiger partial charge in [0.05, 0.1) is 5.69 Å². The quantitative estimate of drug-likeness (QED) is 0.735. The molecule has 2 aliphatic rings. The van der Waals surface area contributed by atoms with E-state index in [1.807, 2.05) is 6.92 Å². The first-order chi connectivity index (χ1) is 12.7. The fraction of sp³-hybridized carbons (Fsp3) is 0.650. The van der Waals surface area contributed by atoms with Crippen LogP contribution in [0.1, 0.15) is 82.2 Å². The summed E-state index contributed by atoms with van der Waals surface area (Å²) in [6.07, 6.45) is 0.0919. The Bertz CT molecular complexity index is 753.